The number of carbonyl (C=O) groups is 1. The van der Waals surface area contributed by atoms with Gasteiger partial charge in [-0.1, -0.05) is 119 Å². The lowest BCUT2D eigenvalue weighted by atomic mass is 9.87. The average Bonchev–Trinajstić information content (AvgIpc) is 3.01. The molecule has 0 bridgehead atoms. The van der Waals surface area contributed by atoms with E-state index in [-0.39, 0.29) is 11.3 Å². The van der Waals surface area contributed by atoms with Crippen LogP contribution < -0.4 is 10.6 Å². The van der Waals surface area contributed by atoms with E-state index >= 15 is 0 Å². The van der Waals surface area contributed by atoms with Gasteiger partial charge in [0.1, 0.15) is 0 Å². The first-order valence-electron chi connectivity index (χ1n) is 16.6. The monoisotopic (exact) mass is 620 g/mol. The van der Waals surface area contributed by atoms with E-state index in [1.165, 1.54) is 27.8 Å². The van der Waals surface area contributed by atoms with Crippen molar-refractivity contribution in [2.24, 2.45) is 0 Å². The van der Waals surface area contributed by atoms with Crippen LogP contribution in [0.25, 0.3) is 5.70 Å². The minimum absolute atomic E-state index is 0.104. The van der Waals surface area contributed by atoms with Crippen LogP contribution in [-0.2, 0) is 5.41 Å². The van der Waals surface area contributed by atoms with E-state index in [0.29, 0.717) is 30.1 Å². The van der Waals surface area contributed by atoms with Crippen LogP contribution in [-0.4, -0.2) is 12.5 Å². The van der Waals surface area contributed by atoms with Crippen LogP contribution in [0.1, 0.15) is 154 Å². The standard InChI is InChI=1S/C16H22N2.C14H19NO.C5H10.3C2H6/c1-11(2)15-9-13(4)16(10-12(15)3)14(5)18-8-6-7-17;1-10(2)15-13(16)11-6-8-12(9-7-11)14(3,4)5;1-4-5(2)3;3*1-2/h9-11,18H,5-6,8H2,1-4H3;6-9H,1H2,2-5H3,(H,15,16);4H,1-3H3;3*1-2H3. The Morgan fingerprint density at radius 3 is 1.73 bits per heavy atom. The number of nitrogens with one attached hydrogen (secondary N) is 2. The van der Waals surface area contributed by atoms with Crippen molar-refractivity contribution in [1.29, 1.82) is 5.26 Å². The van der Waals surface area contributed by atoms with Gasteiger partial charge in [-0.25, -0.2) is 0 Å². The molecule has 4 heteroatoms. The molecule has 4 nitrogen and oxygen atoms in total. The topological polar surface area (TPSA) is 64.9 Å². The molecule has 0 saturated carbocycles. The summed E-state index contributed by atoms with van der Waals surface area (Å²) in [6, 6.07) is 14.2. The number of carbonyl (C=O) groups excluding carboxylic acids is 1. The van der Waals surface area contributed by atoms with Crippen molar-refractivity contribution in [2.45, 2.75) is 135 Å². The van der Waals surface area contributed by atoms with Gasteiger partial charge in [0.25, 0.3) is 5.91 Å². The highest BCUT2D eigenvalue weighted by Crippen LogP contribution is 2.26. The summed E-state index contributed by atoms with van der Waals surface area (Å²) >= 11 is 0. The molecule has 2 rings (SSSR count). The highest BCUT2D eigenvalue weighted by atomic mass is 16.1. The fourth-order valence-corrected chi connectivity index (χ4v) is 3.54. The maximum atomic E-state index is 11.6. The molecule has 0 fully saturated rings. The summed E-state index contributed by atoms with van der Waals surface area (Å²) in [5.41, 5.74) is 10.0. The van der Waals surface area contributed by atoms with E-state index in [2.05, 4.69) is 110 Å². The third-order valence-electron chi connectivity index (χ3n) is 6.05. The minimum atomic E-state index is -0.104. The molecule has 2 aromatic carbocycles. The van der Waals surface area contributed by atoms with E-state index in [1.54, 1.807) is 6.92 Å². The SMILES string of the molecule is C=C(C)NC(=O)c1ccc(C(C)(C)C)cc1.C=C(NCCC#N)c1cc(C)c(C(C)C)cc1C.CC.CC.CC.CC=C(C)C. The predicted molar refractivity (Wildman–Crippen MR) is 204 cm³/mol. The molecular weight excluding hydrogens is 550 g/mol. The normalized spacial score (nSPS) is 9.18. The molecule has 45 heavy (non-hydrogen) atoms. The summed E-state index contributed by atoms with van der Waals surface area (Å²) in [4.78, 5) is 11.6. The van der Waals surface area contributed by atoms with Crippen molar-refractivity contribution in [3.63, 3.8) is 0 Å². The van der Waals surface area contributed by atoms with Gasteiger partial charge >= 0.3 is 0 Å². The summed E-state index contributed by atoms with van der Waals surface area (Å²) in [7, 11) is 0. The number of nitriles is 1. The lowest BCUT2D eigenvalue weighted by molar-refractivity contribution is 0.0966. The van der Waals surface area contributed by atoms with Crippen LogP contribution in [0.2, 0.25) is 0 Å². The number of allylic oxidation sites excluding steroid dienone is 3. The molecule has 254 valence electrons. The van der Waals surface area contributed by atoms with Gasteiger partial charge in [0, 0.05) is 29.1 Å². The zero-order valence-corrected chi connectivity index (χ0v) is 32.3. The zero-order valence-electron chi connectivity index (χ0n) is 32.3. The Labute approximate surface area is 280 Å². The Morgan fingerprint density at radius 2 is 1.38 bits per heavy atom. The van der Waals surface area contributed by atoms with Crippen LogP contribution in [0.3, 0.4) is 0 Å². The Morgan fingerprint density at radius 1 is 0.911 bits per heavy atom. The van der Waals surface area contributed by atoms with Crippen LogP contribution >= 0.6 is 0 Å². The third-order valence-corrected chi connectivity index (χ3v) is 6.05. The number of amides is 1. The molecule has 0 spiro atoms. The van der Waals surface area contributed by atoms with Crippen LogP contribution in [0.4, 0.5) is 0 Å². The summed E-state index contributed by atoms with van der Waals surface area (Å²) in [5.74, 6) is 0.436. The van der Waals surface area contributed by atoms with Crippen molar-refractivity contribution in [2.75, 3.05) is 6.54 Å². The largest absolute Gasteiger partial charge is 0.384 e. The molecule has 1 amide bonds. The third kappa shape index (κ3) is 22.6. The lowest BCUT2D eigenvalue weighted by Gasteiger charge is -2.19. The van der Waals surface area contributed by atoms with Crippen LogP contribution in [0, 0.1) is 25.2 Å². The Hall–Kier alpha value is -3.58. The van der Waals surface area contributed by atoms with Crippen molar-refractivity contribution in [3.8, 4) is 6.07 Å². The first-order chi connectivity index (χ1) is 21.0. The molecule has 2 aromatic rings. The van der Waals surface area contributed by atoms with Gasteiger partial charge in [-0.05, 0) is 93.3 Å². The number of aryl methyl sites for hydroxylation is 2. The average molecular weight is 620 g/mol. The molecule has 0 unspecified atom stereocenters. The molecule has 0 atom stereocenters. The molecule has 0 aliphatic heterocycles. The van der Waals surface area contributed by atoms with Gasteiger partial charge in [0.2, 0.25) is 0 Å². The van der Waals surface area contributed by atoms with Crippen LogP contribution in [0.15, 0.2) is 66.9 Å². The molecule has 2 N–H and O–H groups in total. The Balaban J connectivity index is -0.000000285. The number of nitrogens with zero attached hydrogens (tertiary/aromatic N) is 1. The molecule has 0 aliphatic carbocycles. The smallest absolute Gasteiger partial charge is 0.255 e. The summed E-state index contributed by atoms with van der Waals surface area (Å²) in [5, 5.41) is 14.4. The quantitative estimate of drug-likeness (QED) is 0.239. The molecule has 0 radical (unpaired) electrons. The predicted octanol–water partition coefficient (Wildman–Crippen LogP) is 12.2. The first kappa shape index (κ1) is 48.3. The summed E-state index contributed by atoms with van der Waals surface area (Å²) in [6.45, 7) is 43.4. The highest BCUT2D eigenvalue weighted by molar-refractivity contribution is 5.95. The van der Waals surface area contributed by atoms with E-state index in [0.717, 1.165) is 11.3 Å². The zero-order chi connectivity index (χ0) is 36.3. The summed E-state index contributed by atoms with van der Waals surface area (Å²) < 4.78 is 0. The second-order valence-corrected chi connectivity index (χ2v) is 11.4. The minimum Gasteiger partial charge on any atom is -0.384 e. The van der Waals surface area contributed by atoms with Gasteiger partial charge in [-0.2, -0.15) is 5.26 Å². The number of rotatable bonds is 7. The number of hydrogen-bond acceptors (Lipinski definition) is 3. The van der Waals surface area contributed by atoms with E-state index in [9.17, 15) is 4.79 Å². The Kier molecular flexibility index (Phi) is 30.0. The molecule has 0 aromatic heterocycles. The van der Waals surface area contributed by atoms with Crippen LogP contribution in [0.5, 0.6) is 0 Å². The van der Waals surface area contributed by atoms with Gasteiger partial charge in [-0.15, -0.1) is 0 Å². The van der Waals surface area contributed by atoms with Gasteiger partial charge in [-0.3, -0.25) is 4.79 Å². The molecule has 0 heterocycles. The van der Waals surface area contributed by atoms with E-state index in [1.807, 2.05) is 72.7 Å². The van der Waals surface area contributed by atoms with Crippen molar-refractivity contribution < 1.29 is 4.79 Å². The van der Waals surface area contributed by atoms with Crippen molar-refractivity contribution in [3.05, 3.63) is 100 Å². The van der Waals surface area contributed by atoms with E-state index in [4.69, 9.17) is 5.26 Å². The van der Waals surface area contributed by atoms with Gasteiger partial charge in [0.15, 0.2) is 0 Å². The second kappa shape index (κ2) is 27.9. The Bertz CT molecular complexity index is 1170. The first-order valence-corrected chi connectivity index (χ1v) is 16.6. The fourth-order valence-electron chi connectivity index (χ4n) is 3.54. The summed E-state index contributed by atoms with van der Waals surface area (Å²) in [6.07, 6.45) is 2.58. The van der Waals surface area contributed by atoms with Crippen molar-refractivity contribution in [1.82, 2.24) is 10.6 Å². The van der Waals surface area contributed by atoms with Gasteiger partial charge in [0.05, 0.1) is 12.5 Å². The maximum Gasteiger partial charge on any atom is 0.255 e. The maximum absolute atomic E-state index is 11.6. The van der Waals surface area contributed by atoms with Gasteiger partial charge < -0.3 is 10.6 Å². The fraction of sp³-hybridized carbons (Fsp3) is 0.512. The van der Waals surface area contributed by atoms with E-state index < -0.39 is 0 Å². The van der Waals surface area contributed by atoms with Crippen molar-refractivity contribution >= 4 is 11.6 Å². The molecule has 0 saturated heterocycles. The number of benzene rings is 2. The number of hydrogen-bond donors (Lipinski definition) is 2. The highest BCUT2D eigenvalue weighted by Gasteiger charge is 2.14. The second-order valence-electron chi connectivity index (χ2n) is 11.4. The lowest BCUT2D eigenvalue weighted by Crippen LogP contribution is -2.21. The molecule has 0 aliphatic rings. The molecular formula is C41H69N3O.